The largest absolute Gasteiger partial charge is 0.351 e. The number of hydrogen-bond acceptors (Lipinski definition) is 4. The Hall–Kier alpha value is -2.22. The summed E-state index contributed by atoms with van der Waals surface area (Å²) in [6, 6.07) is 3.72. The van der Waals surface area contributed by atoms with Crippen molar-refractivity contribution >= 4 is 27.5 Å². The molecule has 114 valence electrons. The Morgan fingerprint density at radius 1 is 1.41 bits per heavy atom. The van der Waals surface area contributed by atoms with Gasteiger partial charge in [-0.25, -0.2) is 9.50 Å². The van der Waals surface area contributed by atoms with Crippen LogP contribution < -0.4 is 5.32 Å². The van der Waals surface area contributed by atoms with Crippen molar-refractivity contribution < 1.29 is 4.79 Å². The summed E-state index contributed by atoms with van der Waals surface area (Å²) >= 11 is 3.38. The fourth-order valence-corrected chi connectivity index (χ4v) is 2.69. The number of carbonyl (C=O) groups is 1. The molecule has 1 N–H and O–H groups in total. The van der Waals surface area contributed by atoms with Gasteiger partial charge in [-0.15, -0.1) is 0 Å². The van der Waals surface area contributed by atoms with Crippen LogP contribution in [0, 0.1) is 6.92 Å². The van der Waals surface area contributed by atoms with Crippen molar-refractivity contribution in [1.29, 1.82) is 0 Å². The highest BCUT2D eigenvalue weighted by Crippen LogP contribution is 2.20. The predicted octanol–water partition coefficient (Wildman–Crippen LogP) is 1.82. The summed E-state index contributed by atoms with van der Waals surface area (Å²) in [5, 5.41) is 11.3. The Morgan fingerprint density at radius 2 is 2.27 bits per heavy atom. The lowest BCUT2D eigenvalue weighted by atomic mass is 10.3. The van der Waals surface area contributed by atoms with E-state index in [1.165, 1.54) is 0 Å². The van der Waals surface area contributed by atoms with Gasteiger partial charge < -0.3 is 5.32 Å². The topological polar surface area (TPSA) is 77.1 Å². The van der Waals surface area contributed by atoms with Crippen molar-refractivity contribution in [2.75, 3.05) is 6.54 Å². The molecule has 0 radical (unpaired) electrons. The Labute approximate surface area is 135 Å². The van der Waals surface area contributed by atoms with Gasteiger partial charge in [0.2, 0.25) is 0 Å². The minimum atomic E-state index is -0.213. The van der Waals surface area contributed by atoms with Crippen LogP contribution in [-0.4, -0.2) is 36.8 Å². The summed E-state index contributed by atoms with van der Waals surface area (Å²) in [6.07, 6.45) is 5.99. The van der Waals surface area contributed by atoms with Crippen LogP contribution in [0.1, 0.15) is 22.6 Å². The van der Waals surface area contributed by atoms with Crippen LogP contribution in [0.2, 0.25) is 0 Å². The van der Waals surface area contributed by atoms with Crippen LogP contribution in [0.4, 0.5) is 0 Å². The maximum atomic E-state index is 12.2. The van der Waals surface area contributed by atoms with Crippen molar-refractivity contribution in [3.63, 3.8) is 0 Å². The Bertz CT molecular complexity index is 809. The number of hydrogen-bond donors (Lipinski definition) is 1. The SMILES string of the molecule is Cc1ccnn1CCCNC(=O)c1nn2cccnc2c1Br. The molecule has 3 rings (SSSR count). The van der Waals surface area contributed by atoms with E-state index >= 15 is 0 Å². The number of nitrogens with one attached hydrogen (secondary N) is 1. The zero-order valence-electron chi connectivity index (χ0n) is 12.0. The average molecular weight is 363 g/mol. The molecule has 0 unspecified atom stereocenters. The Kier molecular flexibility index (Phi) is 4.19. The average Bonchev–Trinajstić information content (AvgIpc) is 3.08. The van der Waals surface area contributed by atoms with Crippen LogP contribution in [0.5, 0.6) is 0 Å². The third-order valence-corrected chi connectivity index (χ3v) is 4.05. The van der Waals surface area contributed by atoms with E-state index in [-0.39, 0.29) is 5.91 Å². The van der Waals surface area contributed by atoms with Crippen molar-refractivity contribution in [1.82, 2.24) is 29.7 Å². The number of carbonyl (C=O) groups excluding carboxylic acids is 1. The summed E-state index contributed by atoms with van der Waals surface area (Å²) < 4.78 is 4.09. The van der Waals surface area contributed by atoms with E-state index in [1.54, 1.807) is 29.2 Å². The third kappa shape index (κ3) is 2.87. The summed E-state index contributed by atoms with van der Waals surface area (Å²) in [5.74, 6) is -0.213. The van der Waals surface area contributed by atoms with E-state index < -0.39 is 0 Å². The third-order valence-electron chi connectivity index (χ3n) is 3.32. The van der Waals surface area contributed by atoms with Crippen molar-refractivity contribution in [2.24, 2.45) is 0 Å². The zero-order chi connectivity index (χ0) is 15.5. The molecule has 0 spiro atoms. The number of nitrogens with zero attached hydrogens (tertiary/aromatic N) is 5. The molecule has 8 heteroatoms. The van der Waals surface area contributed by atoms with Crippen LogP contribution >= 0.6 is 15.9 Å². The van der Waals surface area contributed by atoms with Gasteiger partial charge in [0.05, 0.1) is 4.47 Å². The van der Waals surface area contributed by atoms with Gasteiger partial charge in [-0.3, -0.25) is 9.48 Å². The summed E-state index contributed by atoms with van der Waals surface area (Å²) in [7, 11) is 0. The molecule has 0 aliphatic carbocycles. The Balaban J connectivity index is 1.59. The predicted molar refractivity (Wildman–Crippen MR) is 84.6 cm³/mol. The molecule has 22 heavy (non-hydrogen) atoms. The highest BCUT2D eigenvalue weighted by atomic mass is 79.9. The van der Waals surface area contributed by atoms with Crippen molar-refractivity contribution in [3.05, 3.63) is 46.6 Å². The number of fused-ring (bicyclic) bond motifs is 1. The number of aromatic nitrogens is 5. The minimum Gasteiger partial charge on any atom is -0.351 e. The quantitative estimate of drug-likeness (QED) is 0.702. The van der Waals surface area contributed by atoms with Gasteiger partial charge in [0.15, 0.2) is 11.3 Å². The minimum absolute atomic E-state index is 0.213. The van der Waals surface area contributed by atoms with Gasteiger partial charge in [-0.2, -0.15) is 10.2 Å². The second-order valence-corrected chi connectivity index (χ2v) is 5.65. The van der Waals surface area contributed by atoms with Crippen LogP contribution in [0.3, 0.4) is 0 Å². The number of rotatable bonds is 5. The van der Waals surface area contributed by atoms with Gasteiger partial charge in [0.1, 0.15) is 0 Å². The fourth-order valence-electron chi connectivity index (χ4n) is 2.15. The second-order valence-electron chi connectivity index (χ2n) is 4.86. The maximum Gasteiger partial charge on any atom is 0.273 e. The molecule has 3 aromatic rings. The molecule has 0 aliphatic heterocycles. The Morgan fingerprint density at radius 3 is 3.00 bits per heavy atom. The highest BCUT2D eigenvalue weighted by molar-refractivity contribution is 9.10. The van der Waals surface area contributed by atoms with Gasteiger partial charge in [0, 0.05) is 37.4 Å². The van der Waals surface area contributed by atoms with Gasteiger partial charge in [-0.1, -0.05) is 0 Å². The van der Waals surface area contributed by atoms with Crippen molar-refractivity contribution in [2.45, 2.75) is 19.9 Å². The summed E-state index contributed by atoms with van der Waals surface area (Å²) in [4.78, 5) is 16.4. The lowest BCUT2D eigenvalue weighted by Crippen LogP contribution is -2.26. The van der Waals surface area contributed by atoms with Crippen LogP contribution in [-0.2, 0) is 6.54 Å². The first-order valence-corrected chi connectivity index (χ1v) is 7.71. The second kappa shape index (κ2) is 6.27. The standard InChI is InChI=1S/C14H15BrN6O/c1-10-4-7-18-20(10)8-3-6-17-14(22)12-11(15)13-16-5-2-9-21(13)19-12/h2,4-5,7,9H,3,6,8H2,1H3,(H,17,22). The number of aryl methyl sites for hydroxylation is 2. The molecule has 1 amide bonds. The van der Waals surface area contributed by atoms with Gasteiger partial charge in [0.25, 0.3) is 5.91 Å². The first kappa shape index (κ1) is 14.7. The van der Waals surface area contributed by atoms with Gasteiger partial charge >= 0.3 is 0 Å². The van der Waals surface area contributed by atoms with Crippen molar-refractivity contribution in [3.8, 4) is 0 Å². The van der Waals surface area contributed by atoms with E-state index in [9.17, 15) is 4.79 Å². The highest BCUT2D eigenvalue weighted by Gasteiger charge is 2.17. The summed E-state index contributed by atoms with van der Waals surface area (Å²) in [6.45, 7) is 3.34. The van der Waals surface area contributed by atoms with E-state index in [0.29, 0.717) is 22.4 Å². The zero-order valence-corrected chi connectivity index (χ0v) is 13.6. The lowest BCUT2D eigenvalue weighted by Gasteiger charge is -2.05. The molecular formula is C14H15BrN6O. The monoisotopic (exact) mass is 362 g/mol. The molecule has 7 nitrogen and oxygen atoms in total. The smallest absolute Gasteiger partial charge is 0.273 e. The first-order chi connectivity index (χ1) is 10.7. The molecule has 0 saturated carbocycles. The molecule has 0 bridgehead atoms. The summed E-state index contributed by atoms with van der Waals surface area (Å²) in [5.41, 5.74) is 2.08. The molecule has 0 aromatic carbocycles. The molecule has 0 fully saturated rings. The fraction of sp³-hybridized carbons (Fsp3) is 0.286. The number of halogens is 1. The molecule has 0 aliphatic rings. The number of amides is 1. The first-order valence-electron chi connectivity index (χ1n) is 6.92. The molecule has 3 heterocycles. The van der Waals surface area contributed by atoms with Gasteiger partial charge in [-0.05, 0) is 41.4 Å². The molecule has 0 atom stereocenters. The van der Waals surface area contributed by atoms with Crippen LogP contribution in [0.25, 0.3) is 5.65 Å². The van der Waals surface area contributed by atoms with E-state index in [0.717, 1.165) is 18.7 Å². The van der Waals surface area contributed by atoms with Crippen LogP contribution in [0.15, 0.2) is 35.2 Å². The maximum absolute atomic E-state index is 12.2. The van der Waals surface area contributed by atoms with E-state index in [4.69, 9.17) is 0 Å². The molecule has 0 saturated heterocycles. The van der Waals surface area contributed by atoms with E-state index in [1.807, 2.05) is 17.7 Å². The molecular weight excluding hydrogens is 348 g/mol. The normalized spacial score (nSPS) is 11.0. The van der Waals surface area contributed by atoms with E-state index in [2.05, 4.69) is 36.4 Å². The molecule has 3 aromatic heterocycles. The lowest BCUT2D eigenvalue weighted by molar-refractivity contribution is 0.0946.